The maximum atomic E-state index is 10.6. The molecule has 17 heavy (non-hydrogen) atoms. The lowest BCUT2D eigenvalue weighted by Gasteiger charge is -2.31. The number of hydrogen-bond acceptors (Lipinski definition) is 2. The Morgan fingerprint density at radius 2 is 1.88 bits per heavy atom. The minimum atomic E-state index is -0.579. The molecule has 0 aromatic rings. The highest BCUT2D eigenvalue weighted by Crippen LogP contribution is 2.39. The Morgan fingerprint density at radius 3 is 2.41 bits per heavy atom. The van der Waals surface area contributed by atoms with Crippen molar-refractivity contribution in [3.63, 3.8) is 0 Å². The van der Waals surface area contributed by atoms with Crippen LogP contribution in [0.5, 0.6) is 0 Å². The van der Waals surface area contributed by atoms with Gasteiger partial charge in [-0.3, -0.25) is 0 Å². The van der Waals surface area contributed by atoms with Crippen LogP contribution in [0.4, 0.5) is 0 Å². The van der Waals surface area contributed by atoms with Gasteiger partial charge in [0.15, 0.2) is 0 Å². The molecule has 0 spiro atoms. The third-order valence-corrected chi connectivity index (χ3v) is 4.06. The molecule has 0 aromatic carbocycles. The van der Waals surface area contributed by atoms with Crippen molar-refractivity contribution in [3.8, 4) is 0 Å². The van der Waals surface area contributed by atoms with Crippen molar-refractivity contribution in [1.29, 1.82) is 0 Å². The molecule has 1 aliphatic carbocycles. The van der Waals surface area contributed by atoms with Gasteiger partial charge in [-0.25, -0.2) is 0 Å². The van der Waals surface area contributed by atoms with Crippen LogP contribution < -0.4 is 0 Å². The molecule has 0 bridgehead atoms. The van der Waals surface area contributed by atoms with Crippen LogP contribution in [0.25, 0.3) is 0 Å². The van der Waals surface area contributed by atoms with Crippen LogP contribution in [0.3, 0.4) is 0 Å². The SMILES string of the molecule is CC(C)OCC1(O)CCCC(C(C)(C)C)CC1. The van der Waals surface area contributed by atoms with E-state index in [1.165, 1.54) is 6.42 Å². The molecule has 0 aromatic heterocycles. The lowest BCUT2D eigenvalue weighted by molar-refractivity contribution is -0.0735. The van der Waals surface area contributed by atoms with E-state index in [-0.39, 0.29) is 6.10 Å². The van der Waals surface area contributed by atoms with E-state index in [0.29, 0.717) is 12.0 Å². The van der Waals surface area contributed by atoms with Crippen LogP contribution in [-0.4, -0.2) is 23.4 Å². The van der Waals surface area contributed by atoms with Gasteiger partial charge in [0.2, 0.25) is 0 Å². The summed E-state index contributed by atoms with van der Waals surface area (Å²) in [5.41, 5.74) is -0.214. The van der Waals surface area contributed by atoms with E-state index in [2.05, 4.69) is 20.8 Å². The first-order chi connectivity index (χ1) is 7.73. The molecule has 1 saturated carbocycles. The number of aliphatic hydroxyl groups is 1. The summed E-state index contributed by atoms with van der Waals surface area (Å²) in [6.07, 6.45) is 5.49. The molecule has 0 radical (unpaired) electrons. The highest BCUT2D eigenvalue weighted by Gasteiger charge is 2.34. The van der Waals surface area contributed by atoms with Gasteiger partial charge >= 0.3 is 0 Å². The van der Waals surface area contributed by atoms with E-state index in [4.69, 9.17) is 4.74 Å². The molecule has 2 nitrogen and oxygen atoms in total. The van der Waals surface area contributed by atoms with E-state index in [0.717, 1.165) is 31.6 Å². The van der Waals surface area contributed by atoms with Crippen LogP contribution in [0, 0.1) is 11.3 Å². The summed E-state index contributed by atoms with van der Waals surface area (Å²) in [7, 11) is 0. The van der Waals surface area contributed by atoms with Gasteiger partial charge in [0.05, 0.1) is 18.3 Å². The Labute approximate surface area is 107 Å². The molecular formula is C15H30O2. The molecule has 1 rings (SSSR count). The quantitative estimate of drug-likeness (QED) is 0.763. The van der Waals surface area contributed by atoms with Gasteiger partial charge in [-0.2, -0.15) is 0 Å². The monoisotopic (exact) mass is 242 g/mol. The van der Waals surface area contributed by atoms with Gasteiger partial charge in [-0.1, -0.05) is 27.2 Å². The first kappa shape index (κ1) is 15.0. The molecule has 102 valence electrons. The Morgan fingerprint density at radius 1 is 1.24 bits per heavy atom. The summed E-state index contributed by atoms with van der Waals surface area (Å²) in [6, 6.07) is 0. The summed E-state index contributed by atoms with van der Waals surface area (Å²) < 4.78 is 5.61. The topological polar surface area (TPSA) is 29.5 Å². The molecule has 1 aliphatic rings. The Bertz CT molecular complexity index is 230. The van der Waals surface area contributed by atoms with Gasteiger partial charge in [0, 0.05) is 0 Å². The standard InChI is InChI=1S/C15H30O2/c1-12(2)17-11-15(16)9-6-7-13(8-10-15)14(3,4)5/h12-13,16H,6-11H2,1-5H3. The van der Waals surface area contributed by atoms with E-state index in [1.54, 1.807) is 0 Å². The second-order valence-corrected chi connectivity index (χ2v) is 7.08. The Kier molecular flexibility index (Phi) is 5.03. The van der Waals surface area contributed by atoms with Crippen molar-refractivity contribution >= 4 is 0 Å². The minimum absolute atomic E-state index is 0.209. The second-order valence-electron chi connectivity index (χ2n) is 7.08. The first-order valence-electron chi connectivity index (χ1n) is 7.07. The van der Waals surface area contributed by atoms with Gasteiger partial charge in [-0.05, 0) is 50.9 Å². The van der Waals surface area contributed by atoms with E-state index in [1.807, 2.05) is 13.8 Å². The van der Waals surface area contributed by atoms with Crippen molar-refractivity contribution in [1.82, 2.24) is 0 Å². The van der Waals surface area contributed by atoms with E-state index < -0.39 is 5.60 Å². The lowest BCUT2D eigenvalue weighted by atomic mass is 9.76. The summed E-state index contributed by atoms with van der Waals surface area (Å²) in [5.74, 6) is 0.732. The van der Waals surface area contributed by atoms with Crippen LogP contribution in [0.1, 0.15) is 66.7 Å². The molecule has 2 unspecified atom stereocenters. The molecule has 0 amide bonds. The fourth-order valence-corrected chi connectivity index (χ4v) is 2.72. The predicted molar refractivity (Wildman–Crippen MR) is 72.1 cm³/mol. The zero-order chi connectivity index (χ0) is 13.1. The largest absolute Gasteiger partial charge is 0.387 e. The number of ether oxygens (including phenoxy) is 1. The molecule has 2 atom stereocenters. The number of hydrogen-bond donors (Lipinski definition) is 1. The van der Waals surface area contributed by atoms with Crippen molar-refractivity contribution in [2.45, 2.75) is 78.4 Å². The first-order valence-corrected chi connectivity index (χ1v) is 7.07. The molecule has 0 saturated heterocycles. The van der Waals surface area contributed by atoms with Gasteiger partial charge < -0.3 is 9.84 Å². The molecule has 2 heteroatoms. The van der Waals surface area contributed by atoms with E-state index in [9.17, 15) is 5.11 Å². The average molecular weight is 242 g/mol. The predicted octanol–water partition coefficient (Wildman–Crippen LogP) is 3.77. The normalized spacial score (nSPS) is 31.6. The maximum Gasteiger partial charge on any atom is 0.0880 e. The maximum absolute atomic E-state index is 10.6. The lowest BCUT2D eigenvalue weighted by Crippen LogP contribution is -2.35. The van der Waals surface area contributed by atoms with Crippen LogP contribution in [0.2, 0.25) is 0 Å². The second kappa shape index (κ2) is 5.71. The summed E-state index contributed by atoms with van der Waals surface area (Å²) in [6.45, 7) is 11.5. The highest BCUT2D eigenvalue weighted by atomic mass is 16.5. The third-order valence-electron chi connectivity index (χ3n) is 4.06. The molecule has 1 N–H and O–H groups in total. The van der Waals surface area contributed by atoms with Gasteiger partial charge in [0.25, 0.3) is 0 Å². The smallest absolute Gasteiger partial charge is 0.0880 e. The van der Waals surface area contributed by atoms with Crippen molar-refractivity contribution in [2.75, 3.05) is 6.61 Å². The van der Waals surface area contributed by atoms with Crippen molar-refractivity contribution in [3.05, 3.63) is 0 Å². The van der Waals surface area contributed by atoms with Gasteiger partial charge in [-0.15, -0.1) is 0 Å². The highest BCUT2D eigenvalue weighted by molar-refractivity contribution is 4.86. The summed E-state index contributed by atoms with van der Waals surface area (Å²) >= 11 is 0. The Hall–Kier alpha value is -0.0800. The van der Waals surface area contributed by atoms with Gasteiger partial charge in [0.1, 0.15) is 0 Å². The zero-order valence-corrected chi connectivity index (χ0v) is 12.3. The van der Waals surface area contributed by atoms with Crippen LogP contribution >= 0.6 is 0 Å². The molecular weight excluding hydrogens is 212 g/mol. The third kappa shape index (κ3) is 4.97. The average Bonchev–Trinajstić information content (AvgIpc) is 2.37. The van der Waals surface area contributed by atoms with E-state index >= 15 is 0 Å². The Balaban J connectivity index is 2.51. The minimum Gasteiger partial charge on any atom is -0.387 e. The molecule has 0 heterocycles. The fraction of sp³-hybridized carbons (Fsp3) is 1.00. The summed E-state index contributed by atoms with van der Waals surface area (Å²) in [5, 5.41) is 10.6. The van der Waals surface area contributed by atoms with Crippen molar-refractivity contribution in [2.24, 2.45) is 11.3 Å². The van der Waals surface area contributed by atoms with Crippen LogP contribution in [0.15, 0.2) is 0 Å². The fourth-order valence-electron chi connectivity index (χ4n) is 2.72. The number of rotatable bonds is 3. The molecule has 0 aliphatic heterocycles. The summed E-state index contributed by atoms with van der Waals surface area (Å²) in [4.78, 5) is 0. The van der Waals surface area contributed by atoms with Crippen molar-refractivity contribution < 1.29 is 9.84 Å². The van der Waals surface area contributed by atoms with Crippen LogP contribution in [-0.2, 0) is 4.74 Å². The molecule has 1 fully saturated rings. The zero-order valence-electron chi connectivity index (χ0n) is 12.3.